The van der Waals surface area contributed by atoms with Crippen LogP contribution in [0.25, 0.3) is 0 Å². The Bertz CT molecular complexity index is 501. The monoisotopic (exact) mass is 264 g/mol. The third-order valence-corrected chi connectivity index (χ3v) is 3.10. The fourth-order valence-corrected chi connectivity index (χ4v) is 2.00. The largest absolute Gasteiger partial charge is 0.479 e. The van der Waals surface area contributed by atoms with Crippen LogP contribution >= 0.6 is 0 Å². The number of nitrogens with one attached hydrogen (secondary N) is 2. The molecule has 0 aliphatic carbocycles. The van der Waals surface area contributed by atoms with Gasteiger partial charge in [0.15, 0.2) is 6.10 Å². The van der Waals surface area contributed by atoms with Crippen molar-refractivity contribution in [2.75, 3.05) is 13.1 Å². The van der Waals surface area contributed by atoms with E-state index in [1.807, 2.05) is 6.07 Å². The maximum Gasteiger partial charge on any atom is 0.334 e. The summed E-state index contributed by atoms with van der Waals surface area (Å²) in [5.41, 5.74) is 2.78. The second-order valence-corrected chi connectivity index (χ2v) is 4.47. The molecule has 1 aromatic rings. The number of aliphatic hydroxyl groups excluding tert-OH is 1. The van der Waals surface area contributed by atoms with Crippen LogP contribution in [0.3, 0.4) is 0 Å². The van der Waals surface area contributed by atoms with Gasteiger partial charge >= 0.3 is 5.97 Å². The van der Waals surface area contributed by atoms with Crippen LogP contribution in [0.15, 0.2) is 18.2 Å². The van der Waals surface area contributed by atoms with E-state index >= 15 is 0 Å². The second-order valence-electron chi connectivity index (χ2n) is 4.47. The minimum atomic E-state index is -1.58. The minimum Gasteiger partial charge on any atom is -0.479 e. The van der Waals surface area contributed by atoms with Crippen molar-refractivity contribution in [3.63, 3.8) is 0 Å². The molecular formula is C13H16N2O4. The van der Waals surface area contributed by atoms with Gasteiger partial charge in [-0.2, -0.15) is 0 Å². The maximum atomic E-state index is 11.8. The zero-order valence-electron chi connectivity index (χ0n) is 10.3. The Balaban J connectivity index is 2.01. The lowest BCUT2D eigenvalue weighted by Gasteiger charge is -2.17. The molecule has 2 rings (SSSR count). The van der Waals surface area contributed by atoms with Crippen molar-refractivity contribution in [2.24, 2.45) is 0 Å². The molecule has 0 aromatic heterocycles. The molecule has 6 heteroatoms. The number of hydrogen-bond acceptors (Lipinski definition) is 4. The van der Waals surface area contributed by atoms with Crippen LogP contribution in [-0.2, 0) is 17.8 Å². The van der Waals surface area contributed by atoms with Crippen molar-refractivity contribution in [2.45, 2.75) is 19.1 Å². The molecule has 19 heavy (non-hydrogen) atoms. The summed E-state index contributed by atoms with van der Waals surface area (Å²) in [6, 6.07) is 5.43. The van der Waals surface area contributed by atoms with Crippen LogP contribution in [0.2, 0.25) is 0 Å². The molecule has 1 aliphatic heterocycles. The summed E-state index contributed by atoms with van der Waals surface area (Å²) in [4.78, 5) is 22.3. The number of carbonyl (C=O) groups is 2. The molecule has 1 unspecified atom stereocenters. The number of carbonyl (C=O) groups excluding carboxylic acids is 1. The Labute approximate surface area is 110 Å². The smallest absolute Gasteiger partial charge is 0.334 e. The van der Waals surface area contributed by atoms with E-state index in [9.17, 15) is 9.59 Å². The molecule has 0 saturated carbocycles. The predicted molar refractivity (Wildman–Crippen MR) is 67.8 cm³/mol. The van der Waals surface area contributed by atoms with Gasteiger partial charge in [0, 0.05) is 12.1 Å². The Morgan fingerprint density at radius 3 is 2.89 bits per heavy atom. The van der Waals surface area contributed by atoms with E-state index in [1.54, 1.807) is 12.1 Å². The van der Waals surface area contributed by atoms with Gasteiger partial charge in [0.1, 0.15) is 0 Å². The molecule has 1 atom stereocenters. The molecule has 102 valence electrons. The topological polar surface area (TPSA) is 98.7 Å². The average Bonchev–Trinajstić information content (AvgIpc) is 2.43. The zero-order chi connectivity index (χ0) is 13.8. The summed E-state index contributed by atoms with van der Waals surface area (Å²) in [7, 11) is 0. The van der Waals surface area contributed by atoms with Gasteiger partial charge in [-0.25, -0.2) is 4.79 Å². The highest BCUT2D eigenvalue weighted by Crippen LogP contribution is 2.15. The summed E-state index contributed by atoms with van der Waals surface area (Å²) in [6.07, 6.45) is -0.641. The van der Waals surface area contributed by atoms with Crippen molar-refractivity contribution < 1.29 is 19.8 Å². The van der Waals surface area contributed by atoms with Crippen LogP contribution in [0.5, 0.6) is 0 Å². The quantitative estimate of drug-likeness (QED) is 0.588. The third kappa shape index (κ3) is 3.30. The van der Waals surface area contributed by atoms with Crippen molar-refractivity contribution >= 4 is 11.9 Å². The number of benzene rings is 1. The summed E-state index contributed by atoms with van der Waals surface area (Å²) < 4.78 is 0. The van der Waals surface area contributed by atoms with E-state index in [2.05, 4.69) is 10.6 Å². The van der Waals surface area contributed by atoms with Crippen LogP contribution in [-0.4, -0.2) is 41.3 Å². The predicted octanol–water partition coefficient (Wildman–Crippen LogP) is -0.492. The minimum absolute atomic E-state index is 0.302. The number of carboxylic acids is 1. The van der Waals surface area contributed by atoms with Crippen molar-refractivity contribution in [1.29, 1.82) is 0 Å². The number of hydrogen-bond donors (Lipinski definition) is 4. The maximum absolute atomic E-state index is 11.8. The van der Waals surface area contributed by atoms with Gasteiger partial charge in [0.05, 0.1) is 6.54 Å². The third-order valence-electron chi connectivity index (χ3n) is 3.10. The van der Waals surface area contributed by atoms with Crippen LogP contribution in [0.4, 0.5) is 0 Å². The number of aliphatic carboxylic acids is 1. The normalized spacial score (nSPS) is 15.4. The van der Waals surface area contributed by atoms with E-state index < -0.39 is 12.1 Å². The molecule has 1 aromatic carbocycles. The fraction of sp³-hybridized carbons (Fsp3) is 0.385. The first-order valence-corrected chi connectivity index (χ1v) is 6.09. The number of carboxylic acid groups (broad SMARTS) is 1. The fourth-order valence-electron chi connectivity index (χ4n) is 2.00. The summed E-state index contributed by atoms with van der Waals surface area (Å²) >= 11 is 0. The highest BCUT2D eigenvalue weighted by Gasteiger charge is 2.16. The van der Waals surface area contributed by atoms with E-state index in [0.717, 1.165) is 25.1 Å². The van der Waals surface area contributed by atoms with Crippen LogP contribution in [0, 0.1) is 0 Å². The highest BCUT2D eigenvalue weighted by molar-refractivity contribution is 5.94. The standard InChI is InChI=1S/C13H16N2O4/c16-11(13(18)19)7-15-12(17)9-2-1-8-3-4-14-6-10(8)5-9/h1-2,5,11,14,16H,3-4,6-7H2,(H,15,17)(H,18,19). The molecule has 0 spiro atoms. The molecular weight excluding hydrogens is 248 g/mol. The zero-order valence-corrected chi connectivity index (χ0v) is 10.3. The van der Waals surface area contributed by atoms with E-state index in [-0.39, 0.29) is 12.5 Å². The molecule has 6 nitrogen and oxygen atoms in total. The van der Waals surface area contributed by atoms with E-state index in [1.165, 1.54) is 5.56 Å². The molecule has 0 radical (unpaired) electrons. The number of aliphatic hydroxyl groups is 1. The number of amides is 1. The summed E-state index contributed by atoms with van der Waals surface area (Å²) in [6.45, 7) is 1.36. The first-order valence-electron chi connectivity index (χ1n) is 6.09. The first kappa shape index (κ1) is 13.5. The molecule has 1 heterocycles. The SMILES string of the molecule is O=C(NCC(O)C(=O)O)c1ccc2c(c1)CNCC2. The molecule has 0 bridgehead atoms. The van der Waals surface area contributed by atoms with Crippen molar-refractivity contribution in [3.8, 4) is 0 Å². The van der Waals surface area contributed by atoms with Gasteiger partial charge in [-0.1, -0.05) is 6.07 Å². The van der Waals surface area contributed by atoms with Gasteiger partial charge in [-0.3, -0.25) is 4.79 Å². The Morgan fingerprint density at radius 1 is 1.37 bits per heavy atom. The van der Waals surface area contributed by atoms with Gasteiger partial charge < -0.3 is 20.8 Å². The van der Waals surface area contributed by atoms with Gasteiger partial charge in [0.25, 0.3) is 5.91 Å². The van der Waals surface area contributed by atoms with Gasteiger partial charge in [0.2, 0.25) is 0 Å². The Kier molecular flexibility index (Phi) is 4.13. The van der Waals surface area contributed by atoms with Gasteiger partial charge in [-0.05, 0) is 36.2 Å². The molecule has 1 aliphatic rings. The van der Waals surface area contributed by atoms with Crippen molar-refractivity contribution in [3.05, 3.63) is 34.9 Å². The summed E-state index contributed by atoms with van der Waals surface area (Å²) in [5.74, 6) is -1.73. The molecule has 0 fully saturated rings. The molecule has 0 saturated heterocycles. The van der Waals surface area contributed by atoms with Gasteiger partial charge in [-0.15, -0.1) is 0 Å². The number of fused-ring (bicyclic) bond motifs is 1. The first-order chi connectivity index (χ1) is 9.08. The molecule has 4 N–H and O–H groups in total. The number of rotatable bonds is 4. The lowest BCUT2D eigenvalue weighted by atomic mass is 9.98. The molecule has 1 amide bonds. The van der Waals surface area contributed by atoms with E-state index in [4.69, 9.17) is 10.2 Å². The lowest BCUT2D eigenvalue weighted by Crippen LogP contribution is -2.36. The second kappa shape index (κ2) is 5.81. The lowest BCUT2D eigenvalue weighted by molar-refractivity contribution is -0.146. The van der Waals surface area contributed by atoms with Crippen LogP contribution < -0.4 is 10.6 Å². The van der Waals surface area contributed by atoms with Crippen LogP contribution in [0.1, 0.15) is 21.5 Å². The Morgan fingerprint density at radius 2 is 2.16 bits per heavy atom. The summed E-state index contributed by atoms with van der Waals surface area (Å²) in [5, 5.41) is 23.2. The highest BCUT2D eigenvalue weighted by atomic mass is 16.4. The average molecular weight is 264 g/mol. The van der Waals surface area contributed by atoms with Crippen molar-refractivity contribution in [1.82, 2.24) is 10.6 Å². The van der Waals surface area contributed by atoms with E-state index in [0.29, 0.717) is 5.56 Å². The Hall–Kier alpha value is -1.92.